The highest BCUT2D eigenvalue weighted by Gasteiger charge is 2.07. The number of benzene rings is 4. The van der Waals surface area contributed by atoms with Gasteiger partial charge < -0.3 is 20.3 Å². The highest BCUT2D eigenvalue weighted by molar-refractivity contribution is 9.10. The van der Waals surface area contributed by atoms with Crippen molar-refractivity contribution in [3.8, 4) is 22.6 Å². The SMILES string of the molecule is OB(O)c1ccccc1.Oc1ccc(Cl)cc1-c1ccccc1.Oc1ccc(Cl)cc1Br. The highest BCUT2D eigenvalue weighted by atomic mass is 79.9. The minimum Gasteiger partial charge on any atom is -0.507 e. The molecule has 4 rings (SSSR count). The lowest BCUT2D eigenvalue weighted by molar-refractivity contribution is 0.426. The molecule has 0 fully saturated rings. The minimum absolute atomic E-state index is 0.208. The summed E-state index contributed by atoms with van der Waals surface area (Å²) in [5.74, 6) is 0.458. The first kappa shape index (κ1) is 25.8. The third-order valence-electron chi connectivity index (χ3n) is 4.05. The predicted molar refractivity (Wildman–Crippen MR) is 136 cm³/mol. The van der Waals surface area contributed by atoms with E-state index in [-0.39, 0.29) is 11.5 Å². The fourth-order valence-corrected chi connectivity index (χ4v) is 3.32. The van der Waals surface area contributed by atoms with Crippen molar-refractivity contribution in [2.45, 2.75) is 0 Å². The monoisotopic (exact) mass is 532 g/mol. The van der Waals surface area contributed by atoms with E-state index in [9.17, 15) is 5.11 Å². The fourth-order valence-electron chi connectivity index (χ4n) is 2.46. The van der Waals surface area contributed by atoms with E-state index < -0.39 is 7.12 Å². The number of phenolic OH excluding ortho intramolecular Hbond substituents is 2. The average Bonchev–Trinajstić information content (AvgIpc) is 2.80. The molecule has 0 spiro atoms. The maximum absolute atomic E-state index is 9.63. The zero-order valence-electron chi connectivity index (χ0n) is 16.7. The lowest BCUT2D eigenvalue weighted by atomic mass is 9.81. The smallest absolute Gasteiger partial charge is 0.488 e. The van der Waals surface area contributed by atoms with Gasteiger partial charge in [-0.25, -0.2) is 0 Å². The van der Waals surface area contributed by atoms with E-state index in [0.717, 1.165) is 11.1 Å². The summed E-state index contributed by atoms with van der Waals surface area (Å²) in [6, 6.07) is 28.1. The zero-order chi connectivity index (χ0) is 23.5. The van der Waals surface area contributed by atoms with Crippen molar-refractivity contribution in [2.75, 3.05) is 0 Å². The van der Waals surface area contributed by atoms with E-state index in [1.807, 2.05) is 36.4 Å². The number of hydrogen-bond acceptors (Lipinski definition) is 4. The Balaban J connectivity index is 0.000000178. The fraction of sp³-hybridized carbons (Fsp3) is 0. The van der Waals surface area contributed by atoms with Gasteiger partial charge in [-0.05, 0) is 63.4 Å². The number of phenols is 2. The molecule has 4 aromatic rings. The first-order valence-corrected chi connectivity index (χ1v) is 10.9. The van der Waals surface area contributed by atoms with Crippen molar-refractivity contribution in [1.29, 1.82) is 0 Å². The molecule has 0 unspecified atom stereocenters. The number of aromatic hydroxyl groups is 2. The molecule has 8 heteroatoms. The van der Waals surface area contributed by atoms with E-state index in [2.05, 4.69) is 15.9 Å². The Morgan fingerprint density at radius 1 is 0.625 bits per heavy atom. The van der Waals surface area contributed by atoms with Crippen LogP contribution in [0.2, 0.25) is 10.0 Å². The van der Waals surface area contributed by atoms with Crippen LogP contribution in [-0.4, -0.2) is 27.4 Å². The van der Waals surface area contributed by atoms with Crippen LogP contribution >= 0.6 is 39.1 Å². The molecule has 4 aromatic carbocycles. The Kier molecular flexibility index (Phi) is 10.6. The molecular formula is C24H20BBrCl2O4. The predicted octanol–water partition coefficient (Wildman–Crippen LogP) is 5.89. The molecule has 164 valence electrons. The first-order valence-electron chi connectivity index (χ1n) is 9.37. The van der Waals surface area contributed by atoms with Gasteiger partial charge in [0, 0.05) is 15.6 Å². The van der Waals surface area contributed by atoms with Gasteiger partial charge in [0.15, 0.2) is 0 Å². The Hall–Kier alpha value is -2.48. The lowest BCUT2D eigenvalue weighted by Gasteiger charge is -2.04. The maximum atomic E-state index is 9.63. The van der Waals surface area contributed by atoms with Gasteiger partial charge in [0.1, 0.15) is 11.5 Å². The first-order chi connectivity index (χ1) is 15.3. The van der Waals surface area contributed by atoms with Crippen LogP contribution in [0.4, 0.5) is 0 Å². The topological polar surface area (TPSA) is 80.9 Å². The van der Waals surface area contributed by atoms with Crippen LogP contribution in [0, 0.1) is 0 Å². The molecule has 4 N–H and O–H groups in total. The van der Waals surface area contributed by atoms with Crippen LogP contribution in [0.25, 0.3) is 11.1 Å². The van der Waals surface area contributed by atoms with Crippen LogP contribution < -0.4 is 5.46 Å². The van der Waals surface area contributed by atoms with Crippen molar-refractivity contribution < 1.29 is 20.3 Å². The average molecular weight is 534 g/mol. The summed E-state index contributed by atoms with van der Waals surface area (Å²) in [7, 11) is -1.34. The Bertz CT molecular complexity index is 1110. The number of hydrogen-bond donors (Lipinski definition) is 4. The molecule has 0 radical (unpaired) electrons. The van der Waals surface area contributed by atoms with Crippen LogP contribution in [0.3, 0.4) is 0 Å². The van der Waals surface area contributed by atoms with E-state index in [4.69, 9.17) is 38.4 Å². The van der Waals surface area contributed by atoms with Gasteiger partial charge in [-0.15, -0.1) is 0 Å². The molecule has 4 nitrogen and oxygen atoms in total. The molecule has 0 aliphatic rings. The minimum atomic E-state index is -1.34. The molecule has 0 saturated carbocycles. The van der Waals surface area contributed by atoms with Gasteiger partial charge in [-0.3, -0.25) is 0 Å². The highest BCUT2D eigenvalue weighted by Crippen LogP contribution is 2.31. The second-order valence-electron chi connectivity index (χ2n) is 6.41. The van der Waals surface area contributed by atoms with Gasteiger partial charge in [-0.2, -0.15) is 0 Å². The zero-order valence-corrected chi connectivity index (χ0v) is 19.8. The van der Waals surface area contributed by atoms with Crippen molar-refractivity contribution in [3.63, 3.8) is 0 Å². The maximum Gasteiger partial charge on any atom is 0.488 e. The summed E-state index contributed by atoms with van der Waals surface area (Å²) in [4.78, 5) is 0. The molecule has 0 aliphatic carbocycles. The van der Waals surface area contributed by atoms with Gasteiger partial charge in [0.2, 0.25) is 0 Å². The Labute approximate surface area is 205 Å². The Morgan fingerprint density at radius 3 is 1.59 bits per heavy atom. The third-order valence-corrected chi connectivity index (χ3v) is 5.16. The molecule has 0 aromatic heterocycles. The van der Waals surface area contributed by atoms with E-state index in [0.29, 0.717) is 20.0 Å². The normalized spacial score (nSPS) is 9.66. The van der Waals surface area contributed by atoms with Gasteiger partial charge >= 0.3 is 7.12 Å². The molecule has 0 bridgehead atoms. The van der Waals surface area contributed by atoms with Gasteiger partial charge in [-0.1, -0.05) is 83.9 Å². The molecule has 0 atom stereocenters. The van der Waals surface area contributed by atoms with Crippen molar-refractivity contribution in [2.24, 2.45) is 0 Å². The summed E-state index contributed by atoms with van der Waals surface area (Å²) in [5, 5.41) is 37.0. The van der Waals surface area contributed by atoms with Crippen molar-refractivity contribution in [1.82, 2.24) is 0 Å². The van der Waals surface area contributed by atoms with E-state index >= 15 is 0 Å². The Morgan fingerprint density at radius 2 is 1.12 bits per heavy atom. The molecule has 0 amide bonds. The quantitative estimate of drug-likeness (QED) is 0.242. The third kappa shape index (κ3) is 8.57. The van der Waals surface area contributed by atoms with Gasteiger partial charge in [0.25, 0.3) is 0 Å². The second kappa shape index (κ2) is 13.2. The summed E-state index contributed by atoms with van der Waals surface area (Å²) in [6.07, 6.45) is 0. The lowest BCUT2D eigenvalue weighted by Crippen LogP contribution is -2.29. The number of rotatable bonds is 2. The second-order valence-corrected chi connectivity index (χ2v) is 8.13. The van der Waals surface area contributed by atoms with Crippen LogP contribution in [0.1, 0.15) is 0 Å². The van der Waals surface area contributed by atoms with Crippen molar-refractivity contribution >= 4 is 51.7 Å². The number of halogens is 3. The molecule has 0 aliphatic heterocycles. The largest absolute Gasteiger partial charge is 0.507 e. The standard InChI is InChI=1S/C12H9ClO.C6H7BO2.C6H4BrClO/c13-10-6-7-12(14)11(8-10)9-4-2-1-3-5-9;8-7(9)6-4-2-1-3-5-6;7-5-3-4(8)1-2-6(5)9/h1-8,14H;1-5,8-9H;1-3,9H. The van der Waals surface area contributed by atoms with Crippen LogP contribution in [-0.2, 0) is 0 Å². The molecular weight excluding hydrogens is 514 g/mol. The molecule has 0 heterocycles. The van der Waals surface area contributed by atoms with Crippen LogP contribution in [0.5, 0.6) is 11.5 Å². The van der Waals surface area contributed by atoms with Crippen LogP contribution in [0.15, 0.2) is 102 Å². The van der Waals surface area contributed by atoms with E-state index in [1.165, 1.54) is 6.07 Å². The summed E-state index contributed by atoms with van der Waals surface area (Å²) in [6.45, 7) is 0. The van der Waals surface area contributed by atoms with Crippen molar-refractivity contribution in [3.05, 3.63) is 112 Å². The summed E-state index contributed by atoms with van der Waals surface area (Å²) >= 11 is 14.5. The summed E-state index contributed by atoms with van der Waals surface area (Å²) < 4.78 is 0.620. The van der Waals surface area contributed by atoms with Gasteiger partial charge in [0.05, 0.1) is 4.47 Å². The molecule has 32 heavy (non-hydrogen) atoms. The molecule has 0 saturated heterocycles. The van der Waals surface area contributed by atoms with E-state index in [1.54, 1.807) is 54.6 Å². The summed E-state index contributed by atoms with van der Waals surface area (Å²) in [5.41, 5.74) is 2.25.